The van der Waals surface area contributed by atoms with Crippen molar-refractivity contribution in [3.8, 4) is 11.5 Å². The molecule has 1 aromatic heterocycles. The number of para-hydroxylation sites is 2. The van der Waals surface area contributed by atoms with Crippen LogP contribution < -0.4 is 25.2 Å². The summed E-state index contributed by atoms with van der Waals surface area (Å²) in [5, 5.41) is 2.33. The van der Waals surface area contributed by atoms with Crippen molar-refractivity contribution in [3.05, 3.63) is 35.3 Å². The van der Waals surface area contributed by atoms with Gasteiger partial charge >= 0.3 is 0 Å². The molecule has 1 aromatic carbocycles. The van der Waals surface area contributed by atoms with E-state index in [0.717, 1.165) is 6.42 Å². The highest BCUT2D eigenvalue weighted by atomic mass is 32.1. The van der Waals surface area contributed by atoms with Crippen LogP contribution in [0.3, 0.4) is 0 Å². The number of rotatable bonds is 4. The molecule has 0 bridgehead atoms. The number of nitrogens with one attached hydrogen (secondary N) is 2. The summed E-state index contributed by atoms with van der Waals surface area (Å²) >= 11 is 1.32. The number of hydrogen-bond donors (Lipinski definition) is 2. The lowest BCUT2D eigenvalue weighted by Gasteiger charge is -2.25. The van der Waals surface area contributed by atoms with Crippen LogP contribution in [0.5, 0.6) is 11.5 Å². The van der Waals surface area contributed by atoms with E-state index in [-0.39, 0.29) is 18.9 Å². The van der Waals surface area contributed by atoms with Crippen molar-refractivity contribution in [3.63, 3.8) is 0 Å². The molecule has 3 heterocycles. The predicted molar refractivity (Wildman–Crippen MR) is 100 cm³/mol. The molecule has 0 saturated carbocycles. The number of amides is 3. The first-order valence-corrected chi connectivity index (χ1v) is 9.70. The molecule has 28 heavy (non-hydrogen) atoms. The number of ether oxygens (including phenoxy) is 2. The molecule has 1 unspecified atom stereocenters. The molecule has 2 aliphatic rings. The maximum Gasteiger partial charge on any atom is 0.283 e. The van der Waals surface area contributed by atoms with Crippen molar-refractivity contribution >= 4 is 34.2 Å². The number of thiazole rings is 1. The zero-order chi connectivity index (χ0) is 19.5. The van der Waals surface area contributed by atoms with Gasteiger partial charge in [0, 0.05) is 18.3 Å². The standard InChI is InChI=1S/C18H18N4O5S/c23-15(8-11-10-28-18(19-11)22-7-3-6-16(22)24)20-21-17(25)14-9-26-12-4-1-2-5-13(12)27-14/h1-2,4-5,10,14H,3,6-9H2,(H,20,23)(H,21,25). The van der Waals surface area contributed by atoms with Gasteiger partial charge in [0.1, 0.15) is 6.61 Å². The Morgan fingerprint density at radius 1 is 1.25 bits per heavy atom. The summed E-state index contributed by atoms with van der Waals surface area (Å²) in [5.41, 5.74) is 5.23. The van der Waals surface area contributed by atoms with Gasteiger partial charge in [-0.1, -0.05) is 12.1 Å². The SMILES string of the molecule is O=C(Cc1csc(N2CCCC2=O)n1)NNC(=O)C1COc2ccccc2O1. The van der Waals surface area contributed by atoms with Gasteiger partial charge < -0.3 is 9.47 Å². The molecule has 146 valence electrons. The lowest BCUT2D eigenvalue weighted by atomic mass is 10.2. The van der Waals surface area contributed by atoms with E-state index >= 15 is 0 Å². The number of aromatic nitrogens is 1. The van der Waals surface area contributed by atoms with Gasteiger partial charge in [0.05, 0.1) is 12.1 Å². The highest BCUT2D eigenvalue weighted by molar-refractivity contribution is 7.14. The van der Waals surface area contributed by atoms with Crippen molar-refractivity contribution in [1.82, 2.24) is 15.8 Å². The van der Waals surface area contributed by atoms with Gasteiger partial charge in [-0.05, 0) is 18.6 Å². The Kier molecular flexibility index (Phi) is 5.11. The monoisotopic (exact) mass is 402 g/mol. The minimum absolute atomic E-state index is 0.0103. The third-order valence-corrected chi connectivity index (χ3v) is 5.22. The van der Waals surface area contributed by atoms with Crippen molar-refractivity contribution in [1.29, 1.82) is 0 Å². The Hall–Kier alpha value is -3.14. The van der Waals surface area contributed by atoms with Crippen LogP contribution in [0.1, 0.15) is 18.5 Å². The number of anilines is 1. The highest BCUT2D eigenvalue weighted by Gasteiger charge is 2.28. The molecular formula is C18H18N4O5S. The predicted octanol–water partition coefficient (Wildman–Crippen LogP) is 0.800. The fourth-order valence-electron chi connectivity index (χ4n) is 2.92. The van der Waals surface area contributed by atoms with Crippen LogP contribution in [0.2, 0.25) is 0 Å². The number of benzene rings is 1. The van der Waals surface area contributed by atoms with Gasteiger partial charge in [-0.2, -0.15) is 0 Å². The average molecular weight is 402 g/mol. The fourth-order valence-corrected chi connectivity index (χ4v) is 3.79. The minimum Gasteiger partial charge on any atom is -0.485 e. The number of fused-ring (bicyclic) bond motifs is 1. The van der Waals surface area contributed by atoms with Gasteiger partial charge in [0.2, 0.25) is 17.9 Å². The fraction of sp³-hybridized carbons (Fsp3) is 0.333. The van der Waals surface area contributed by atoms with Crippen LogP contribution in [0.4, 0.5) is 5.13 Å². The molecule has 0 aliphatic carbocycles. The summed E-state index contributed by atoms with van der Waals surface area (Å²) in [6.45, 7) is 0.707. The Bertz CT molecular complexity index is 915. The van der Waals surface area contributed by atoms with E-state index in [0.29, 0.717) is 35.3 Å². The topological polar surface area (TPSA) is 110 Å². The quantitative estimate of drug-likeness (QED) is 0.732. The zero-order valence-corrected chi connectivity index (χ0v) is 15.7. The second kappa shape index (κ2) is 7.85. The Morgan fingerprint density at radius 3 is 2.86 bits per heavy atom. The molecule has 2 aromatic rings. The molecule has 3 amide bonds. The largest absolute Gasteiger partial charge is 0.485 e. The van der Waals surface area contributed by atoms with Crippen LogP contribution in [0.15, 0.2) is 29.6 Å². The summed E-state index contributed by atoms with van der Waals surface area (Å²) in [4.78, 5) is 42.0. The summed E-state index contributed by atoms with van der Waals surface area (Å²) < 4.78 is 11.1. The van der Waals surface area contributed by atoms with E-state index in [2.05, 4.69) is 15.8 Å². The maximum atomic E-state index is 12.2. The molecule has 2 N–H and O–H groups in total. The third kappa shape index (κ3) is 3.91. The Labute approximate surface area is 164 Å². The summed E-state index contributed by atoms with van der Waals surface area (Å²) in [6.07, 6.45) is 0.475. The molecule has 1 fully saturated rings. The van der Waals surface area contributed by atoms with Gasteiger partial charge in [-0.25, -0.2) is 4.98 Å². The Balaban J connectivity index is 1.26. The first-order valence-electron chi connectivity index (χ1n) is 8.82. The normalized spacial score (nSPS) is 18.1. The molecular weight excluding hydrogens is 384 g/mol. The third-order valence-electron chi connectivity index (χ3n) is 4.31. The zero-order valence-electron chi connectivity index (χ0n) is 14.8. The number of carbonyl (C=O) groups excluding carboxylic acids is 3. The van der Waals surface area contributed by atoms with E-state index in [1.165, 1.54) is 11.3 Å². The van der Waals surface area contributed by atoms with Crippen LogP contribution in [0, 0.1) is 0 Å². The maximum absolute atomic E-state index is 12.2. The molecule has 10 heteroatoms. The van der Waals surface area contributed by atoms with Crippen LogP contribution in [-0.4, -0.2) is 42.0 Å². The van der Waals surface area contributed by atoms with E-state index in [1.54, 1.807) is 28.5 Å². The highest BCUT2D eigenvalue weighted by Crippen LogP contribution is 2.30. The van der Waals surface area contributed by atoms with E-state index < -0.39 is 17.9 Å². The van der Waals surface area contributed by atoms with E-state index in [9.17, 15) is 14.4 Å². The number of hydrogen-bond acceptors (Lipinski definition) is 7. The molecule has 0 spiro atoms. The summed E-state index contributed by atoms with van der Waals surface area (Å²) in [7, 11) is 0. The second-order valence-electron chi connectivity index (χ2n) is 6.35. The van der Waals surface area contributed by atoms with Crippen LogP contribution in [-0.2, 0) is 20.8 Å². The number of nitrogens with zero attached hydrogens (tertiary/aromatic N) is 2. The van der Waals surface area contributed by atoms with Gasteiger partial charge in [0.15, 0.2) is 16.6 Å². The first kappa shape index (κ1) is 18.2. The van der Waals surface area contributed by atoms with Crippen LogP contribution >= 0.6 is 11.3 Å². The molecule has 1 atom stereocenters. The second-order valence-corrected chi connectivity index (χ2v) is 7.19. The van der Waals surface area contributed by atoms with Crippen molar-refractivity contribution < 1.29 is 23.9 Å². The summed E-state index contributed by atoms with van der Waals surface area (Å²) in [6, 6.07) is 7.05. The smallest absolute Gasteiger partial charge is 0.283 e. The first-order chi connectivity index (χ1) is 13.6. The number of carbonyl (C=O) groups is 3. The lowest BCUT2D eigenvalue weighted by Crippen LogP contribution is -2.51. The van der Waals surface area contributed by atoms with Crippen molar-refractivity contribution in [2.24, 2.45) is 0 Å². The molecule has 1 saturated heterocycles. The van der Waals surface area contributed by atoms with Crippen molar-refractivity contribution in [2.45, 2.75) is 25.4 Å². The van der Waals surface area contributed by atoms with Gasteiger partial charge in [-0.3, -0.25) is 30.1 Å². The molecule has 4 rings (SSSR count). The molecule has 9 nitrogen and oxygen atoms in total. The number of hydrazine groups is 1. The molecule has 2 aliphatic heterocycles. The molecule has 0 radical (unpaired) electrons. The van der Waals surface area contributed by atoms with Crippen LogP contribution in [0.25, 0.3) is 0 Å². The van der Waals surface area contributed by atoms with Gasteiger partial charge in [0.25, 0.3) is 5.91 Å². The summed E-state index contributed by atoms with van der Waals surface area (Å²) in [5.74, 6) is 0.173. The average Bonchev–Trinajstić information content (AvgIpc) is 3.34. The van der Waals surface area contributed by atoms with E-state index in [1.807, 2.05) is 6.07 Å². The lowest BCUT2D eigenvalue weighted by molar-refractivity contribution is -0.134. The van der Waals surface area contributed by atoms with Gasteiger partial charge in [-0.15, -0.1) is 11.3 Å². The van der Waals surface area contributed by atoms with E-state index in [4.69, 9.17) is 9.47 Å². The minimum atomic E-state index is -0.859. The Morgan fingerprint density at radius 2 is 2.07 bits per heavy atom. The van der Waals surface area contributed by atoms with Crippen molar-refractivity contribution in [2.75, 3.05) is 18.1 Å².